The van der Waals surface area contributed by atoms with E-state index in [1.807, 2.05) is 6.92 Å². The van der Waals surface area contributed by atoms with Gasteiger partial charge in [-0.25, -0.2) is 4.39 Å². The summed E-state index contributed by atoms with van der Waals surface area (Å²) in [6.45, 7) is 6.54. The van der Waals surface area contributed by atoms with Crippen molar-refractivity contribution in [2.45, 2.75) is 52.1 Å². The molecule has 106 valence electrons. The van der Waals surface area contributed by atoms with E-state index in [0.29, 0.717) is 22.0 Å². The Kier molecular flexibility index (Phi) is 4.44. The van der Waals surface area contributed by atoms with Gasteiger partial charge in [-0.05, 0) is 43.7 Å². The molecule has 0 spiro atoms. The molecule has 1 fully saturated rings. The number of rotatable bonds is 3. The van der Waals surface area contributed by atoms with Crippen LogP contribution in [0.15, 0.2) is 12.1 Å². The van der Waals surface area contributed by atoms with Crippen molar-refractivity contribution in [3.8, 4) is 0 Å². The van der Waals surface area contributed by atoms with E-state index < -0.39 is 5.82 Å². The van der Waals surface area contributed by atoms with Crippen LogP contribution < -0.4 is 5.32 Å². The van der Waals surface area contributed by atoms with Crippen molar-refractivity contribution in [2.75, 3.05) is 0 Å². The molecule has 0 heterocycles. The third-order valence-electron chi connectivity index (χ3n) is 3.97. The fourth-order valence-electron chi connectivity index (χ4n) is 2.95. The average molecular weight is 304 g/mol. The highest BCUT2D eigenvalue weighted by atomic mass is 35.5. The molecule has 1 aliphatic carbocycles. The molecule has 0 bridgehead atoms. The summed E-state index contributed by atoms with van der Waals surface area (Å²) in [5.41, 5.74) is 1.04. The van der Waals surface area contributed by atoms with Crippen molar-refractivity contribution in [2.24, 2.45) is 5.41 Å². The Labute approximate surface area is 124 Å². The Bertz CT molecular complexity index is 473. The molecule has 4 heteroatoms. The van der Waals surface area contributed by atoms with Crippen LogP contribution >= 0.6 is 23.2 Å². The largest absolute Gasteiger partial charge is 0.307 e. The SMILES string of the molecule is CC(NC1CCC(C)(C)C1)c1c(Cl)ccc(F)c1Cl. The number of halogens is 3. The Morgan fingerprint density at radius 2 is 2.05 bits per heavy atom. The van der Waals surface area contributed by atoms with E-state index in [0.717, 1.165) is 12.8 Å². The predicted molar refractivity (Wildman–Crippen MR) is 79.4 cm³/mol. The lowest BCUT2D eigenvalue weighted by atomic mass is 9.91. The van der Waals surface area contributed by atoms with Gasteiger partial charge in [0.15, 0.2) is 0 Å². The molecule has 0 radical (unpaired) electrons. The van der Waals surface area contributed by atoms with Crippen molar-refractivity contribution in [1.29, 1.82) is 0 Å². The van der Waals surface area contributed by atoms with E-state index in [2.05, 4.69) is 19.2 Å². The van der Waals surface area contributed by atoms with Crippen LogP contribution in [0.2, 0.25) is 10.0 Å². The lowest BCUT2D eigenvalue weighted by molar-refractivity contribution is 0.356. The topological polar surface area (TPSA) is 12.0 Å². The third-order valence-corrected chi connectivity index (χ3v) is 4.68. The van der Waals surface area contributed by atoms with Gasteiger partial charge in [-0.3, -0.25) is 0 Å². The Morgan fingerprint density at radius 1 is 1.37 bits per heavy atom. The summed E-state index contributed by atoms with van der Waals surface area (Å²) < 4.78 is 13.5. The van der Waals surface area contributed by atoms with E-state index in [4.69, 9.17) is 23.2 Å². The zero-order valence-corrected chi connectivity index (χ0v) is 13.1. The molecule has 2 rings (SSSR count). The second-order valence-corrected chi connectivity index (χ2v) is 7.03. The van der Waals surface area contributed by atoms with Gasteiger partial charge in [0.2, 0.25) is 0 Å². The van der Waals surface area contributed by atoms with Crippen molar-refractivity contribution in [3.05, 3.63) is 33.6 Å². The standard InChI is InChI=1S/C15H20Cl2FN/c1-9(19-10-6-7-15(2,3)8-10)13-11(16)4-5-12(18)14(13)17/h4-5,9-10,19H,6-8H2,1-3H3. The van der Waals surface area contributed by atoms with Gasteiger partial charge in [0, 0.05) is 22.7 Å². The fourth-order valence-corrected chi connectivity index (χ4v) is 3.65. The first kappa shape index (κ1) is 15.1. The molecule has 2 atom stereocenters. The van der Waals surface area contributed by atoms with Gasteiger partial charge in [-0.1, -0.05) is 37.0 Å². The van der Waals surface area contributed by atoms with Crippen molar-refractivity contribution < 1.29 is 4.39 Å². The second kappa shape index (κ2) is 5.59. The summed E-state index contributed by atoms with van der Waals surface area (Å²) in [5, 5.41) is 4.17. The third kappa shape index (κ3) is 3.42. The lowest BCUT2D eigenvalue weighted by Gasteiger charge is -2.23. The molecule has 0 saturated heterocycles. The van der Waals surface area contributed by atoms with Crippen LogP contribution in [0.1, 0.15) is 51.6 Å². The Morgan fingerprint density at radius 3 is 2.63 bits per heavy atom. The smallest absolute Gasteiger partial charge is 0.142 e. The molecule has 1 aromatic rings. The first-order valence-electron chi connectivity index (χ1n) is 6.69. The van der Waals surface area contributed by atoms with E-state index >= 15 is 0 Å². The summed E-state index contributed by atoms with van der Waals surface area (Å²) in [7, 11) is 0. The van der Waals surface area contributed by atoms with Crippen LogP contribution in [0.3, 0.4) is 0 Å². The number of hydrogen-bond acceptors (Lipinski definition) is 1. The van der Waals surface area contributed by atoms with Crippen LogP contribution in [0.25, 0.3) is 0 Å². The van der Waals surface area contributed by atoms with Gasteiger partial charge >= 0.3 is 0 Å². The molecule has 1 saturated carbocycles. The summed E-state index contributed by atoms with van der Waals surface area (Å²) in [6.07, 6.45) is 3.48. The first-order valence-corrected chi connectivity index (χ1v) is 7.45. The Hall–Kier alpha value is -0.310. The minimum Gasteiger partial charge on any atom is -0.307 e. The predicted octanol–water partition coefficient (Wildman–Crippen LogP) is 5.36. The van der Waals surface area contributed by atoms with Crippen LogP contribution in [-0.2, 0) is 0 Å². The number of hydrogen-bond donors (Lipinski definition) is 1. The van der Waals surface area contributed by atoms with Crippen LogP contribution in [0.5, 0.6) is 0 Å². The number of benzene rings is 1. The molecule has 0 amide bonds. The van der Waals surface area contributed by atoms with Crippen molar-refractivity contribution in [1.82, 2.24) is 5.32 Å². The number of nitrogens with one attached hydrogen (secondary N) is 1. The highest BCUT2D eigenvalue weighted by Gasteiger charge is 2.32. The van der Waals surface area contributed by atoms with Gasteiger partial charge in [0.1, 0.15) is 5.82 Å². The van der Waals surface area contributed by atoms with E-state index in [-0.39, 0.29) is 11.1 Å². The molecular weight excluding hydrogens is 284 g/mol. The van der Waals surface area contributed by atoms with Gasteiger partial charge in [0.05, 0.1) is 5.02 Å². The van der Waals surface area contributed by atoms with Crippen LogP contribution in [0, 0.1) is 11.2 Å². The molecule has 1 aromatic carbocycles. The lowest BCUT2D eigenvalue weighted by Crippen LogP contribution is -2.30. The highest BCUT2D eigenvalue weighted by Crippen LogP contribution is 2.39. The quantitative estimate of drug-likeness (QED) is 0.741. The summed E-state index contributed by atoms with van der Waals surface area (Å²) in [5.74, 6) is -0.415. The maximum atomic E-state index is 13.5. The monoisotopic (exact) mass is 303 g/mol. The molecule has 2 unspecified atom stereocenters. The first-order chi connectivity index (χ1) is 8.80. The van der Waals surface area contributed by atoms with E-state index in [1.165, 1.54) is 12.5 Å². The minimum atomic E-state index is -0.415. The highest BCUT2D eigenvalue weighted by molar-refractivity contribution is 6.36. The van der Waals surface area contributed by atoms with Crippen molar-refractivity contribution in [3.63, 3.8) is 0 Å². The van der Waals surface area contributed by atoms with Gasteiger partial charge in [0.25, 0.3) is 0 Å². The Balaban J connectivity index is 2.13. The molecule has 0 aromatic heterocycles. The van der Waals surface area contributed by atoms with E-state index in [9.17, 15) is 4.39 Å². The zero-order chi connectivity index (χ0) is 14.2. The molecule has 0 aliphatic heterocycles. The van der Waals surface area contributed by atoms with Gasteiger partial charge < -0.3 is 5.32 Å². The summed E-state index contributed by atoms with van der Waals surface area (Å²) in [4.78, 5) is 0. The zero-order valence-electron chi connectivity index (χ0n) is 11.6. The molecule has 19 heavy (non-hydrogen) atoms. The maximum absolute atomic E-state index is 13.5. The second-order valence-electron chi connectivity index (χ2n) is 6.25. The average Bonchev–Trinajstić information content (AvgIpc) is 2.64. The summed E-state index contributed by atoms with van der Waals surface area (Å²) >= 11 is 12.2. The fraction of sp³-hybridized carbons (Fsp3) is 0.600. The summed E-state index contributed by atoms with van der Waals surface area (Å²) in [6, 6.07) is 3.27. The van der Waals surface area contributed by atoms with E-state index in [1.54, 1.807) is 6.07 Å². The normalized spacial score (nSPS) is 23.6. The molecule has 1 nitrogen and oxygen atoms in total. The molecular formula is C15H20Cl2FN. The molecule has 1 N–H and O–H groups in total. The van der Waals surface area contributed by atoms with Crippen LogP contribution in [-0.4, -0.2) is 6.04 Å². The minimum absolute atomic E-state index is 0.0467. The van der Waals surface area contributed by atoms with Gasteiger partial charge in [-0.15, -0.1) is 0 Å². The van der Waals surface area contributed by atoms with Gasteiger partial charge in [-0.2, -0.15) is 0 Å². The van der Waals surface area contributed by atoms with Crippen molar-refractivity contribution >= 4 is 23.2 Å². The molecule has 1 aliphatic rings. The maximum Gasteiger partial charge on any atom is 0.142 e. The van der Waals surface area contributed by atoms with Crippen LogP contribution in [0.4, 0.5) is 4.39 Å².